The van der Waals surface area contributed by atoms with E-state index in [0.29, 0.717) is 12.4 Å². The third-order valence-electron chi connectivity index (χ3n) is 2.28. The number of carbonyl (C=O) groups excluding carboxylic acids is 1. The summed E-state index contributed by atoms with van der Waals surface area (Å²) < 4.78 is 10.2. The molecule has 0 fully saturated rings. The van der Waals surface area contributed by atoms with E-state index >= 15 is 0 Å². The molecular weight excluding hydrogens is 217 g/mol. The van der Waals surface area contributed by atoms with E-state index in [1.807, 2.05) is 19.2 Å². The Morgan fingerprint density at radius 1 is 1.35 bits per heavy atom. The Bertz CT molecular complexity index is 340. The highest BCUT2D eigenvalue weighted by molar-refractivity contribution is 6.08. The minimum Gasteiger partial charge on any atom is -0.425 e. The molecule has 1 aromatic rings. The van der Waals surface area contributed by atoms with Gasteiger partial charge in [-0.2, -0.15) is 0 Å². The van der Waals surface area contributed by atoms with Gasteiger partial charge in [-0.3, -0.25) is 0 Å². The molecule has 0 spiro atoms. The molecule has 0 saturated heterocycles. The van der Waals surface area contributed by atoms with Crippen molar-refractivity contribution >= 4 is 13.8 Å². The van der Waals surface area contributed by atoms with E-state index in [0.717, 1.165) is 12.9 Å². The average molecular weight is 235 g/mol. The standard InChI is InChI=1S/C12H18BNO3/c1-14-6-7-16-9-12(15)17-11-4-2-10(8-13)3-5-11/h2-5,14H,6-9,13H2,1H3. The van der Waals surface area contributed by atoms with Crippen molar-refractivity contribution in [3.05, 3.63) is 29.8 Å². The van der Waals surface area contributed by atoms with Crippen LogP contribution in [-0.4, -0.2) is 40.6 Å². The molecule has 0 aliphatic rings. The maximum absolute atomic E-state index is 11.4. The summed E-state index contributed by atoms with van der Waals surface area (Å²) in [5, 5.41) is 2.93. The Hall–Kier alpha value is -1.33. The van der Waals surface area contributed by atoms with Gasteiger partial charge in [0.2, 0.25) is 0 Å². The van der Waals surface area contributed by atoms with Gasteiger partial charge in [0, 0.05) is 6.54 Å². The first-order valence-electron chi connectivity index (χ1n) is 5.78. The van der Waals surface area contributed by atoms with Crippen LogP contribution in [-0.2, 0) is 15.9 Å². The van der Waals surface area contributed by atoms with E-state index in [4.69, 9.17) is 9.47 Å². The van der Waals surface area contributed by atoms with Gasteiger partial charge < -0.3 is 14.8 Å². The van der Waals surface area contributed by atoms with Crippen LogP contribution in [0.2, 0.25) is 0 Å². The number of rotatable bonds is 7. The first-order valence-corrected chi connectivity index (χ1v) is 5.78. The van der Waals surface area contributed by atoms with Gasteiger partial charge in [0.15, 0.2) is 0 Å². The topological polar surface area (TPSA) is 47.6 Å². The van der Waals surface area contributed by atoms with Crippen molar-refractivity contribution in [3.63, 3.8) is 0 Å². The van der Waals surface area contributed by atoms with E-state index in [9.17, 15) is 4.79 Å². The van der Waals surface area contributed by atoms with Crippen molar-refractivity contribution < 1.29 is 14.3 Å². The molecule has 0 radical (unpaired) electrons. The zero-order chi connectivity index (χ0) is 12.5. The summed E-state index contributed by atoms with van der Waals surface area (Å²) in [5.74, 6) is 0.190. The number of carbonyl (C=O) groups is 1. The molecule has 0 aromatic heterocycles. The summed E-state index contributed by atoms with van der Waals surface area (Å²) in [6.45, 7) is 1.20. The highest BCUT2D eigenvalue weighted by Crippen LogP contribution is 2.12. The number of hydrogen-bond donors (Lipinski definition) is 1. The Morgan fingerprint density at radius 3 is 2.65 bits per heavy atom. The van der Waals surface area contributed by atoms with Gasteiger partial charge in [-0.25, -0.2) is 4.79 Å². The lowest BCUT2D eigenvalue weighted by atomic mass is 9.97. The van der Waals surface area contributed by atoms with Gasteiger partial charge in [0.1, 0.15) is 20.2 Å². The molecule has 0 heterocycles. The van der Waals surface area contributed by atoms with Crippen LogP contribution in [0.3, 0.4) is 0 Å². The van der Waals surface area contributed by atoms with E-state index < -0.39 is 0 Å². The number of hydrogen-bond acceptors (Lipinski definition) is 4. The molecule has 92 valence electrons. The maximum Gasteiger partial charge on any atom is 0.337 e. The van der Waals surface area contributed by atoms with Gasteiger partial charge in [-0.1, -0.05) is 24.0 Å². The fourth-order valence-corrected chi connectivity index (χ4v) is 1.28. The second-order valence-electron chi connectivity index (χ2n) is 3.63. The molecule has 0 aliphatic carbocycles. The molecule has 0 unspecified atom stereocenters. The summed E-state index contributed by atoms with van der Waals surface area (Å²) in [6.07, 6.45) is 0.974. The highest BCUT2D eigenvalue weighted by atomic mass is 16.6. The van der Waals surface area contributed by atoms with Crippen LogP contribution < -0.4 is 10.1 Å². The van der Waals surface area contributed by atoms with Crippen molar-refractivity contribution in [2.24, 2.45) is 0 Å². The number of nitrogens with one attached hydrogen (secondary N) is 1. The Morgan fingerprint density at radius 2 is 2.06 bits per heavy atom. The third kappa shape index (κ3) is 5.52. The van der Waals surface area contributed by atoms with E-state index in [1.54, 1.807) is 12.1 Å². The fraction of sp³-hybridized carbons (Fsp3) is 0.417. The maximum atomic E-state index is 11.4. The predicted octanol–water partition coefficient (Wildman–Crippen LogP) is -0.0389. The summed E-state index contributed by atoms with van der Waals surface area (Å²) in [5.41, 5.74) is 1.22. The van der Waals surface area contributed by atoms with Crippen LogP contribution in [0, 0.1) is 0 Å². The van der Waals surface area contributed by atoms with Crippen LogP contribution >= 0.6 is 0 Å². The van der Waals surface area contributed by atoms with Crippen molar-refractivity contribution in [1.82, 2.24) is 5.32 Å². The average Bonchev–Trinajstić information content (AvgIpc) is 2.36. The number of ether oxygens (including phenoxy) is 2. The first-order chi connectivity index (χ1) is 8.26. The van der Waals surface area contributed by atoms with Crippen molar-refractivity contribution in [2.75, 3.05) is 26.8 Å². The van der Waals surface area contributed by atoms with Crippen LogP contribution in [0.1, 0.15) is 5.56 Å². The molecule has 1 rings (SSSR count). The number of esters is 1. The van der Waals surface area contributed by atoms with Gasteiger partial charge in [0.05, 0.1) is 6.61 Å². The fourth-order valence-electron chi connectivity index (χ4n) is 1.28. The normalized spacial score (nSPS) is 10.2. The Kier molecular flexibility index (Phi) is 6.36. The quantitative estimate of drug-likeness (QED) is 0.312. The zero-order valence-corrected chi connectivity index (χ0v) is 10.4. The molecule has 0 atom stereocenters. The second-order valence-corrected chi connectivity index (χ2v) is 3.63. The van der Waals surface area contributed by atoms with Crippen LogP contribution in [0.4, 0.5) is 0 Å². The summed E-state index contributed by atoms with van der Waals surface area (Å²) in [4.78, 5) is 11.4. The molecular formula is C12H18BNO3. The molecule has 0 saturated carbocycles. The van der Waals surface area contributed by atoms with Crippen molar-refractivity contribution in [2.45, 2.75) is 6.32 Å². The molecule has 0 amide bonds. The Labute approximate surface area is 103 Å². The highest BCUT2D eigenvalue weighted by Gasteiger charge is 2.04. The minimum absolute atomic E-state index is 0.0167. The lowest BCUT2D eigenvalue weighted by Gasteiger charge is -2.05. The van der Waals surface area contributed by atoms with Gasteiger partial charge in [-0.15, -0.1) is 0 Å². The SMILES string of the molecule is BCc1ccc(OC(=O)COCCNC)cc1. The molecule has 0 aliphatic heterocycles. The largest absolute Gasteiger partial charge is 0.425 e. The van der Waals surface area contributed by atoms with Gasteiger partial charge in [0.25, 0.3) is 0 Å². The van der Waals surface area contributed by atoms with Crippen LogP contribution in [0.25, 0.3) is 0 Å². The molecule has 4 nitrogen and oxygen atoms in total. The van der Waals surface area contributed by atoms with Crippen LogP contribution in [0.5, 0.6) is 5.75 Å². The van der Waals surface area contributed by atoms with Gasteiger partial charge in [-0.05, 0) is 19.2 Å². The number of benzene rings is 1. The summed E-state index contributed by atoms with van der Waals surface area (Å²) >= 11 is 0. The summed E-state index contributed by atoms with van der Waals surface area (Å²) in [6, 6.07) is 7.49. The molecule has 0 bridgehead atoms. The molecule has 5 heteroatoms. The monoisotopic (exact) mass is 235 g/mol. The predicted molar refractivity (Wildman–Crippen MR) is 69.1 cm³/mol. The van der Waals surface area contributed by atoms with E-state index in [1.165, 1.54) is 5.56 Å². The number of likely N-dealkylation sites (N-methyl/N-ethyl adjacent to an activating group) is 1. The molecule has 17 heavy (non-hydrogen) atoms. The van der Waals surface area contributed by atoms with Crippen molar-refractivity contribution in [1.29, 1.82) is 0 Å². The first kappa shape index (κ1) is 13.7. The zero-order valence-electron chi connectivity index (χ0n) is 10.4. The van der Waals surface area contributed by atoms with E-state index in [-0.39, 0.29) is 12.6 Å². The van der Waals surface area contributed by atoms with E-state index in [2.05, 4.69) is 13.2 Å². The van der Waals surface area contributed by atoms with Crippen molar-refractivity contribution in [3.8, 4) is 5.75 Å². The third-order valence-corrected chi connectivity index (χ3v) is 2.28. The van der Waals surface area contributed by atoms with Gasteiger partial charge >= 0.3 is 5.97 Å². The lowest BCUT2D eigenvalue weighted by Crippen LogP contribution is -2.20. The van der Waals surface area contributed by atoms with Crippen LogP contribution in [0.15, 0.2) is 24.3 Å². The minimum atomic E-state index is -0.370. The molecule has 1 aromatic carbocycles. The Balaban J connectivity index is 2.29. The second kappa shape index (κ2) is 7.87. The lowest BCUT2D eigenvalue weighted by molar-refractivity contribution is -0.139. The molecule has 1 N–H and O–H groups in total. The summed E-state index contributed by atoms with van der Waals surface area (Å²) in [7, 11) is 3.91. The smallest absolute Gasteiger partial charge is 0.337 e.